The number of carboxylic acids is 2. The van der Waals surface area contributed by atoms with Crippen molar-refractivity contribution in [3.8, 4) is 0 Å². The minimum absolute atomic E-state index is 0.0413. The number of aromatic nitrogens is 1. The van der Waals surface area contributed by atoms with E-state index in [1.165, 1.54) is 35.9 Å². The molecule has 1 aromatic rings. The summed E-state index contributed by atoms with van der Waals surface area (Å²) < 4.78 is 4.10. The summed E-state index contributed by atoms with van der Waals surface area (Å²) in [6, 6.07) is -1.03. The van der Waals surface area contributed by atoms with Gasteiger partial charge in [-0.25, -0.2) is 14.6 Å². The number of nitrogen functional groups attached to an aromatic ring is 1. The van der Waals surface area contributed by atoms with Gasteiger partial charge in [0, 0.05) is 17.3 Å². The zero-order chi connectivity index (χ0) is 27.6. The number of carboxylic acid groups (broad SMARTS) is 2. The Morgan fingerprint density at radius 3 is 2.74 bits per heavy atom. The van der Waals surface area contributed by atoms with Gasteiger partial charge in [-0.2, -0.15) is 0 Å². The van der Waals surface area contributed by atoms with Gasteiger partial charge in [0.25, 0.3) is 11.8 Å². The van der Waals surface area contributed by atoms with Gasteiger partial charge in [0.2, 0.25) is 5.60 Å². The average molecular weight is 674 g/mol. The van der Waals surface area contributed by atoms with E-state index in [-0.39, 0.29) is 22.2 Å². The van der Waals surface area contributed by atoms with E-state index in [1.54, 1.807) is 0 Å². The second-order valence-corrected chi connectivity index (χ2v) is 13.1. The SMILES string of the molecule is CC(C)(O/N=C(\C(=O)N[C@@H]1C(=O)N2C(C(=O)O)=C(CN3C=CC=CC=I3)CS[C@H]12)c1csc(N)n1)C(=O)O. The molecule has 1 saturated heterocycles. The maximum atomic E-state index is 13.2. The number of carbonyl (C=O) groups excluding carboxylic acids is 2. The van der Waals surface area contributed by atoms with Gasteiger partial charge in [0.05, 0.1) is 6.54 Å². The van der Waals surface area contributed by atoms with Crippen LogP contribution in [0.4, 0.5) is 5.13 Å². The van der Waals surface area contributed by atoms with Gasteiger partial charge in [-0.15, -0.1) is 23.1 Å². The highest BCUT2D eigenvalue weighted by Crippen LogP contribution is 2.41. The molecule has 13 nitrogen and oxygen atoms in total. The smallest absolute Gasteiger partial charge is 0.352 e. The number of allylic oxidation sites excluding steroid dienone is 3. The molecule has 0 radical (unpaired) electrons. The lowest BCUT2D eigenvalue weighted by Gasteiger charge is -2.49. The molecule has 202 valence electrons. The molecule has 2 atom stereocenters. The fourth-order valence-electron chi connectivity index (χ4n) is 3.47. The molecule has 0 bridgehead atoms. The van der Waals surface area contributed by atoms with Crippen molar-refractivity contribution >= 4 is 82.7 Å². The van der Waals surface area contributed by atoms with E-state index in [0.717, 1.165) is 11.3 Å². The summed E-state index contributed by atoms with van der Waals surface area (Å²) in [6.07, 6.45) is 7.62. The first-order valence-corrected chi connectivity index (χ1v) is 15.1. The third-order valence-electron chi connectivity index (χ3n) is 5.46. The van der Waals surface area contributed by atoms with Crippen LogP contribution in [0.15, 0.2) is 46.2 Å². The van der Waals surface area contributed by atoms with Crippen LogP contribution in [0.5, 0.6) is 0 Å². The van der Waals surface area contributed by atoms with Crippen LogP contribution in [0.3, 0.4) is 0 Å². The summed E-state index contributed by atoms with van der Waals surface area (Å²) in [5, 5.41) is 26.5. The first kappa shape index (κ1) is 27.8. The summed E-state index contributed by atoms with van der Waals surface area (Å²) >= 11 is 1.91. The maximum Gasteiger partial charge on any atom is 0.352 e. The van der Waals surface area contributed by atoms with E-state index in [9.17, 15) is 29.4 Å². The van der Waals surface area contributed by atoms with E-state index < -0.39 is 61.8 Å². The molecule has 0 aromatic carbocycles. The summed E-state index contributed by atoms with van der Waals surface area (Å²) in [6.45, 7) is 2.89. The van der Waals surface area contributed by atoms with Crippen molar-refractivity contribution < 1.29 is 34.2 Å². The van der Waals surface area contributed by atoms with Crippen LogP contribution in [0.1, 0.15) is 19.5 Å². The molecule has 1 fully saturated rings. The molecule has 2 amide bonds. The standard InChI is InChI=1S/C22H23IN6O7S2/c1-22(2,20(34)35)36-27-13(12-10-38-21(24)25-12)16(30)26-14-17(31)29-15(19(32)33)11(9-37-18(14)29)8-28-7-5-3-4-6-23-28/h3-7,10,14,18H,8-9H2,1-2H3,(H2,24,25)(H,26,30)(H,32,33)(H,34,35)/b27-13-/t14-,18-/m1/s1. The number of hydrogen-bond donors (Lipinski definition) is 4. The third kappa shape index (κ3) is 5.75. The number of hydrogen-bond acceptors (Lipinski definition) is 11. The molecule has 5 N–H and O–H groups in total. The molecule has 3 aliphatic heterocycles. The van der Waals surface area contributed by atoms with Crippen LogP contribution < -0.4 is 11.1 Å². The second kappa shape index (κ2) is 11.2. The quantitative estimate of drug-likeness (QED) is 0.0967. The first-order valence-electron chi connectivity index (χ1n) is 11.0. The van der Waals surface area contributed by atoms with Crippen LogP contribution in [0, 0.1) is 0 Å². The van der Waals surface area contributed by atoms with Crippen LogP contribution in [0.2, 0.25) is 0 Å². The summed E-state index contributed by atoms with van der Waals surface area (Å²) in [7, 11) is 0. The Labute approximate surface area is 235 Å². The molecule has 16 heteroatoms. The highest BCUT2D eigenvalue weighted by atomic mass is 127. The average Bonchev–Trinajstić information content (AvgIpc) is 3.12. The monoisotopic (exact) mass is 674 g/mol. The number of thioether (sulfide) groups is 1. The van der Waals surface area contributed by atoms with Crippen molar-refractivity contribution in [1.29, 1.82) is 0 Å². The number of fused-ring (bicyclic) bond motifs is 1. The van der Waals surface area contributed by atoms with Gasteiger partial charge >= 0.3 is 11.9 Å². The Hall–Kier alpha value is -3.25. The maximum absolute atomic E-state index is 13.2. The topological polar surface area (TPSA) is 188 Å². The van der Waals surface area contributed by atoms with Crippen molar-refractivity contribution in [2.24, 2.45) is 5.16 Å². The zero-order valence-corrected chi connectivity index (χ0v) is 23.8. The molecular weight excluding hydrogens is 651 g/mol. The minimum Gasteiger partial charge on any atom is -0.478 e. The van der Waals surface area contributed by atoms with Gasteiger partial charge in [0.1, 0.15) is 22.8 Å². The summed E-state index contributed by atoms with van der Waals surface area (Å²) in [5.74, 6) is -3.58. The van der Waals surface area contributed by atoms with E-state index in [2.05, 4.69) is 19.5 Å². The number of amides is 2. The van der Waals surface area contributed by atoms with Crippen LogP contribution in [0.25, 0.3) is 0 Å². The van der Waals surface area contributed by atoms with E-state index in [0.29, 0.717) is 17.9 Å². The van der Waals surface area contributed by atoms with Gasteiger partial charge in [-0.05, 0) is 50.5 Å². The van der Waals surface area contributed by atoms with Crippen LogP contribution in [-0.2, 0) is 24.0 Å². The number of nitrogens with two attached hydrogens (primary N) is 1. The number of anilines is 1. The second-order valence-electron chi connectivity index (χ2n) is 8.54. The predicted molar refractivity (Wildman–Crippen MR) is 151 cm³/mol. The number of β-lactam (4-membered cyclic amide) rings is 1. The lowest BCUT2D eigenvalue weighted by molar-refractivity contribution is -0.161. The Morgan fingerprint density at radius 2 is 2.08 bits per heavy atom. The Bertz CT molecular complexity index is 1320. The number of oxime groups is 1. The van der Waals surface area contributed by atoms with Gasteiger partial charge in [0.15, 0.2) is 10.8 Å². The van der Waals surface area contributed by atoms with Crippen LogP contribution >= 0.6 is 44.1 Å². The molecule has 0 aliphatic carbocycles. The summed E-state index contributed by atoms with van der Waals surface area (Å²) in [5.41, 5.74) is 4.14. The first-order chi connectivity index (χ1) is 18.0. The predicted octanol–water partition coefficient (Wildman–Crippen LogP) is 1.12. The molecule has 0 spiro atoms. The molecule has 0 unspecified atom stereocenters. The third-order valence-corrected chi connectivity index (χ3v) is 9.59. The normalized spacial score (nSPS) is 21.3. The van der Waals surface area contributed by atoms with Gasteiger partial charge in [-0.3, -0.25) is 14.5 Å². The van der Waals surface area contributed by atoms with Crippen molar-refractivity contribution in [2.75, 3.05) is 18.0 Å². The van der Waals surface area contributed by atoms with Gasteiger partial charge < -0.3 is 29.2 Å². The van der Waals surface area contributed by atoms with Crippen LogP contribution in [-0.4, -0.2) is 86.0 Å². The largest absolute Gasteiger partial charge is 0.478 e. The fraction of sp³-hybridized carbons (Fsp3) is 0.318. The van der Waals surface area contributed by atoms with Crippen molar-refractivity contribution in [3.05, 3.63) is 46.8 Å². The Balaban J connectivity index is 1.54. The Kier molecular flexibility index (Phi) is 8.22. The number of aliphatic carboxylic acids is 2. The highest BCUT2D eigenvalue weighted by Gasteiger charge is 2.54. The van der Waals surface area contributed by atoms with Crippen molar-refractivity contribution in [3.63, 3.8) is 0 Å². The molecular formula is C22H23IN6O7S2. The number of carbonyl (C=O) groups is 4. The number of halogens is 1. The number of nitrogens with one attached hydrogen (secondary N) is 1. The lowest BCUT2D eigenvalue weighted by Crippen LogP contribution is -2.71. The minimum atomic E-state index is -1.74. The van der Waals surface area contributed by atoms with E-state index in [1.807, 2.05) is 27.5 Å². The number of thiazole rings is 1. The lowest BCUT2D eigenvalue weighted by atomic mass is 10.0. The molecule has 0 saturated carbocycles. The van der Waals surface area contributed by atoms with Crippen molar-refractivity contribution in [2.45, 2.75) is 30.9 Å². The molecule has 4 rings (SSSR count). The molecule has 1 aromatic heterocycles. The zero-order valence-electron chi connectivity index (χ0n) is 20.0. The Morgan fingerprint density at radius 1 is 1.32 bits per heavy atom. The molecule has 3 aliphatic rings. The molecule has 4 heterocycles. The fourth-order valence-corrected chi connectivity index (χ4v) is 7.17. The van der Waals surface area contributed by atoms with E-state index in [4.69, 9.17) is 10.6 Å². The van der Waals surface area contributed by atoms with E-state index >= 15 is 0 Å². The number of nitrogens with zero attached hydrogens (tertiary/aromatic N) is 4. The number of rotatable bonds is 9. The highest BCUT2D eigenvalue weighted by molar-refractivity contribution is 14.2. The molecule has 38 heavy (non-hydrogen) atoms. The van der Waals surface area contributed by atoms with Gasteiger partial charge in [-0.1, -0.05) is 17.3 Å². The van der Waals surface area contributed by atoms with Crippen molar-refractivity contribution in [1.82, 2.24) is 18.3 Å². The summed E-state index contributed by atoms with van der Waals surface area (Å²) in [4.78, 5) is 60.1.